The first-order valence-electron chi connectivity index (χ1n) is 6.58. The highest BCUT2D eigenvalue weighted by Gasteiger charge is 2.11. The van der Waals surface area contributed by atoms with Crippen molar-refractivity contribution in [2.45, 2.75) is 19.3 Å². The van der Waals surface area contributed by atoms with Gasteiger partial charge in [0.1, 0.15) is 0 Å². The van der Waals surface area contributed by atoms with Gasteiger partial charge in [-0.1, -0.05) is 23.7 Å². The Bertz CT molecular complexity index is 614. The summed E-state index contributed by atoms with van der Waals surface area (Å²) in [5, 5.41) is 5.16. The number of ketones is 1. The predicted molar refractivity (Wildman–Crippen MR) is 83.8 cm³/mol. The Morgan fingerprint density at radius 1 is 1.24 bits per heavy atom. The minimum Gasteiger partial charge on any atom is -0.356 e. The van der Waals surface area contributed by atoms with Crippen molar-refractivity contribution in [3.05, 3.63) is 51.4 Å². The molecule has 0 radical (unpaired) electrons. The largest absolute Gasteiger partial charge is 0.356 e. The molecule has 0 spiro atoms. The molecule has 21 heavy (non-hydrogen) atoms. The normalized spacial score (nSPS) is 10.3. The molecule has 2 rings (SSSR count). The maximum atomic E-state index is 12.0. The Kier molecular flexibility index (Phi) is 5.90. The first-order chi connectivity index (χ1) is 10.2. The molecular formula is C15H15ClN2O2S. The molecule has 0 unspecified atom stereocenters. The number of Topliss-reactive ketones (excluding diaryl/α,β-unsaturated/α-hetero) is 1. The quantitative estimate of drug-likeness (QED) is 0.797. The van der Waals surface area contributed by atoms with Crippen molar-refractivity contribution in [3.63, 3.8) is 0 Å². The number of aromatic nitrogens is 1. The van der Waals surface area contributed by atoms with Gasteiger partial charge in [0.05, 0.1) is 16.2 Å². The van der Waals surface area contributed by atoms with Crippen LogP contribution >= 0.6 is 22.9 Å². The third-order valence-corrected chi connectivity index (χ3v) is 3.91. The fourth-order valence-corrected chi connectivity index (χ4v) is 2.66. The minimum absolute atomic E-state index is 0.116. The van der Waals surface area contributed by atoms with Crippen LogP contribution < -0.4 is 5.32 Å². The highest BCUT2D eigenvalue weighted by atomic mass is 35.5. The van der Waals surface area contributed by atoms with Crippen molar-refractivity contribution in [2.75, 3.05) is 6.54 Å². The van der Waals surface area contributed by atoms with Crippen LogP contribution in [0.25, 0.3) is 0 Å². The summed E-state index contributed by atoms with van der Waals surface area (Å²) in [6.45, 7) is 0.531. The molecule has 2 aromatic rings. The van der Waals surface area contributed by atoms with Gasteiger partial charge in [-0.3, -0.25) is 9.59 Å². The zero-order valence-corrected chi connectivity index (χ0v) is 12.9. The molecule has 0 saturated heterocycles. The van der Waals surface area contributed by atoms with E-state index in [-0.39, 0.29) is 24.5 Å². The molecule has 6 heteroatoms. The molecule has 0 aliphatic carbocycles. The lowest BCUT2D eigenvalue weighted by molar-refractivity contribution is -0.121. The Balaban J connectivity index is 1.71. The fraction of sp³-hybridized carbons (Fsp3) is 0.267. The lowest BCUT2D eigenvalue weighted by Crippen LogP contribution is -2.26. The van der Waals surface area contributed by atoms with E-state index in [1.807, 2.05) is 5.38 Å². The van der Waals surface area contributed by atoms with E-state index in [9.17, 15) is 9.59 Å². The van der Waals surface area contributed by atoms with Gasteiger partial charge in [0.15, 0.2) is 5.78 Å². The monoisotopic (exact) mass is 322 g/mol. The van der Waals surface area contributed by atoms with Crippen molar-refractivity contribution in [1.29, 1.82) is 0 Å². The van der Waals surface area contributed by atoms with Crippen LogP contribution in [-0.4, -0.2) is 23.2 Å². The number of rotatable bonds is 7. The molecule has 1 aromatic heterocycles. The van der Waals surface area contributed by atoms with Gasteiger partial charge >= 0.3 is 0 Å². The molecule has 0 saturated carbocycles. The van der Waals surface area contributed by atoms with Crippen molar-refractivity contribution < 1.29 is 9.59 Å². The molecule has 0 atom stereocenters. The van der Waals surface area contributed by atoms with Crippen LogP contribution in [0.4, 0.5) is 0 Å². The zero-order chi connectivity index (χ0) is 15.1. The average molecular weight is 323 g/mol. The van der Waals surface area contributed by atoms with Crippen molar-refractivity contribution in [1.82, 2.24) is 10.3 Å². The lowest BCUT2D eigenvalue weighted by Gasteiger charge is -2.05. The first kappa shape index (κ1) is 15.7. The van der Waals surface area contributed by atoms with Gasteiger partial charge in [-0.05, 0) is 12.1 Å². The molecule has 0 bridgehead atoms. The average Bonchev–Trinajstić information content (AvgIpc) is 2.98. The molecule has 1 heterocycles. The standard InChI is InChI=1S/C15H15ClN2O2S/c16-13-4-2-1-3-12(13)14(19)5-6-15(20)17-8-7-11-9-21-10-18-11/h1-4,9-10H,5-8H2,(H,17,20). The van der Waals surface area contributed by atoms with E-state index in [0.717, 1.165) is 5.69 Å². The van der Waals surface area contributed by atoms with Crippen molar-refractivity contribution in [2.24, 2.45) is 0 Å². The highest BCUT2D eigenvalue weighted by Crippen LogP contribution is 2.17. The minimum atomic E-state index is -0.134. The van der Waals surface area contributed by atoms with Crippen LogP contribution in [0, 0.1) is 0 Å². The van der Waals surface area contributed by atoms with Crippen LogP contribution in [0.3, 0.4) is 0 Å². The van der Waals surface area contributed by atoms with Crippen LogP contribution in [0.5, 0.6) is 0 Å². The number of nitrogens with zero attached hydrogens (tertiary/aromatic N) is 1. The summed E-state index contributed by atoms with van der Waals surface area (Å²) in [5.41, 5.74) is 3.20. The molecule has 0 aliphatic rings. The maximum absolute atomic E-state index is 12.0. The lowest BCUT2D eigenvalue weighted by atomic mass is 10.1. The van der Waals surface area contributed by atoms with E-state index >= 15 is 0 Å². The van der Waals surface area contributed by atoms with Crippen LogP contribution in [0.2, 0.25) is 5.02 Å². The summed E-state index contributed by atoms with van der Waals surface area (Å²) in [6.07, 6.45) is 1.03. The number of hydrogen-bond acceptors (Lipinski definition) is 4. The smallest absolute Gasteiger partial charge is 0.220 e. The second-order valence-electron chi connectivity index (χ2n) is 4.48. The maximum Gasteiger partial charge on any atom is 0.220 e. The van der Waals surface area contributed by atoms with Gasteiger partial charge in [0.2, 0.25) is 5.91 Å². The molecule has 1 N–H and O–H groups in total. The van der Waals surface area contributed by atoms with Crippen molar-refractivity contribution in [3.8, 4) is 0 Å². The van der Waals surface area contributed by atoms with Crippen LogP contribution in [0.1, 0.15) is 28.9 Å². The molecule has 1 amide bonds. The Morgan fingerprint density at radius 2 is 2.05 bits per heavy atom. The summed E-state index contributed by atoms with van der Waals surface area (Å²) in [4.78, 5) is 27.8. The molecule has 110 valence electrons. The molecule has 4 nitrogen and oxygen atoms in total. The summed E-state index contributed by atoms with van der Waals surface area (Å²) in [5.74, 6) is -0.249. The van der Waals surface area contributed by atoms with Gasteiger partial charge in [0, 0.05) is 36.8 Å². The zero-order valence-electron chi connectivity index (χ0n) is 11.3. The molecule has 0 fully saturated rings. The predicted octanol–water partition coefficient (Wildman–Crippen LogP) is 3.12. The van der Waals surface area contributed by atoms with Gasteiger partial charge < -0.3 is 5.32 Å². The van der Waals surface area contributed by atoms with E-state index in [4.69, 9.17) is 11.6 Å². The second-order valence-corrected chi connectivity index (χ2v) is 5.61. The number of hydrogen-bond donors (Lipinski definition) is 1. The van der Waals surface area contributed by atoms with Crippen LogP contribution in [0.15, 0.2) is 35.2 Å². The summed E-state index contributed by atoms with van der Waals surface area (Å²) >= 11 is 7.48. The SMILES string of the molecule is O=C(CCC(=O)c1ccccc1Cl)NCCc1cscn1. The van der Waals surface area contributed by atoms with E-state index in [1.54, 1.807) is 29.8 Å². The van der Waals surface area contributed by atoms with E-state index in [1.165, 1.54) is 11.3 Å². The first-order valence-corrected chi connectivity index (χ1v) is 7.90. The number of benzene rings is 1. The van der Waals surface area contributed by atoms with Gasteiger partial charge in [0.25, 0.3) is 0 Å². The number of carbonyl (C=O) groups is 2. The van der Waals surface area contributed by atoms with E-state index in [2.05, 4.69) is 10.3 Å². The number of amides is 1. The number of carbonyl (C=O) groups excluding carboxylic acids is 2. The number of thiazole rings is 1. The fourth-order valence-electron chi connectivity index (χ4n) is 1.83. The molecule has 0 aliphatic heterocycles. The molecular weight excluding hydrogens is 308 g/mol. The summed E-state index contributed by atoms with van der Waals surface area (Å²) in [6, 6.07) is 6.87. The van der Waals surface area contributed by atoms with Gasteiger partial charge in [-0.15, -0.1) is 11.3 Å². The summed E-state index contributed by atoms with van der Waals surface area (Å²) < 4.78 is 0. The Labute approximate surface area is 132 Å². The third kappa shape index (κ3) is 4.95. The Hall–Kier alpha value is -1.72. The second kappa shape index (κ2) is 7.90. The number of halogens is 1. The topological polar surface area (TPSA) is 59.1 Å². The van der Waals surface area contributed by atoms with E-state index in [0.29, 0.717) is 23.6 Å². The van der Waals surface area contributed by atoms with Crippen molar-refractivity contribution >= 4 is 34.6 Å². The van der Waals surface area contributed by atoms with E-state index < -0.39 is 0 Å². The Morgan fingerprint density at radius 3 is 2.76 bits per heavy atom. The van der Waals surface area contributed by atoms with Gasteiger partial charge in [-0.25, -0.2) is 4.98 Å². The molecule has 1 aromatic carbocycles. The third-order valence-electron chi connectivity index (χ3n) is 2.94. The van der Waals surface area contributed by atoms with Gasteiger partial charge in [-0.2, -0.15) is 0 Å². The highest BCUT2D eigenvalue weighted by molar-refractivity contribution is 7.07. The summed E-state index contributed by atoms with van der Waals surface area (Å²) in [7, 11) is 0. The van der Waals surface area contributed by atoms with Crippen LogP contribution in [-0.2, 0) is 11.2 Å². The number of nitrogens with one attached hydrogen (secondary N) is 1.